The second-order valence-corrected chi connectivity index (χ2v) is 6.55. The van der Waals surface area contributed by atoms with E-state index >= 15 is 0 Å². The first-order chi connectivity index (χ1) is 8.70. The molecule has 0 saturated heterocycles. The molecule has 2 heteroatoms. The Kier molecular flexibility index (Phi) is 5.13. The summed E-state index contributed by atoms with van der Waals surface area (Å²) in [5.74, 6) is 2.16. The summed E-state index contributed by atoms with van der Waals surface area (Å²) in [5, 5.41) is 3.71. The molecule has 0 aliphatic heterocycles. The van der Waals surface area contributed by atoms with E-state index in [-0.39, 0.29) is 0 Å². The molecular formula is C16H25NS. The first-order valence-electron chi connectivity index (χ1n) is 7.14. The van der Waals surface area contributed by atoms with Crippen molar-refractivity contribution in [1.82, 2.24) is 5.32 Å². The van der Waals surface area contributed by atoms with Crippen molar-refractivity contribution in [3.05, 3.63) is 29.3 Å². The monoisotopic (exact) mass is 263 g/mol. The van der Waals surface area contributed by atoms with Crippen LogP contribution in [-0.2, 0) is 0 Å². The van der Waals surface area contributed by atoms with Gasteiger partial charge in [0, 0.05) is 16.7 Å². The second kappa shape index (κ2) is 6.63. The number of aryl methyl sites for hydroxylation is 2. The highest BCUT2D eigenvalue weighted by molar-refractivity contribution is 7.99. The van der Waals surface area contributed by atoms with Crippen LogP contribution >= 0.6 is 11.8 Å². The summed E-state index contributed by atoms with van der Waals surface area (Å²) < 4.78 is 0. The fraction of sp³-hybridized carbons (Fsp3) is 0.625. The molecule has 1 N–H and O–H groups in total. The Morgan fingerprint density at radius 2 is 2.06 bits per heavy atom. The van der Waals surface area contributed by atoms with Crippen molar-refractivity contribution in [3.8, 4) is 0 Å². The number of nitrogens with one attached hydrogen (secondary N) is 1. The van der Waals surface area contributed by atoms with E-state index in [1.54, 1.807) is 0 Å². The van der Waals surface area contributed by atoms with Gasteiger partial charge < -0.3 is 5.32 Å². The Bertz CT molecular complexity index is 385. The minimum atomic E-state index is 0.719. The Morgan fingerprint density at radius 3 is 2.67 bits per heavy atom. The summed E-state index contributed by atoms with van der Waals surface area (Å²) in [4.78, 5) is 1.42. The quantitative estimate of drug-likeness (QED) is 0.741. The predicted molar refractivity (Wildman–Crippen MR) is 81.4 cm³/mol. The lowest BCUT2D eigenvalue weighted by atomic mass is 10.1. The Labute approximate surface area is 116 Å². The fourth-order valence-electron chi connectivity index (χ4n) is 2.18. The first kappa shape index (κ1) is 14.0. The van der Waals surface area contributed by atoms with Crippen LogP contribution in [0.25, 0.3) is 0 Å². The third kappa shape index (κ3) is 4.03. The van der Waals surface area contributed by atoms with Crippen LogP contribution < -0.4 is 5.32 Å². The van der Waals surface area contributed by atoms with Crippen molar-refractivity contribution >= 4 is 11.8 Å². The minimum Gasteiger partial charge on any atom is -0.313 e. The van der Waals surface area contributed by atoms with Gasteiger partial charge in [0.2, 0.25) is 0 Å². The number of rotatable bonds is 7. The van der Waals surface area contributed by atoms with Crippen molar-refractivity contribution in [2.24, 2.45) is 5.92 Å². The number of hydrogen-bond acceptors (Lipinski definition) is 2. The van der Waals surface area contributed by atoms with E-state index < -0.39 is 0 Å². The standard InChI is InChI=1S/C16H25NS/c1-4-9-17-16(14-6-7-14)11-18-15-8-5-12(2)13(3)10-15/h5,8,10,14,16-17H,4,6-7,9,11H2,1-3H3. The molecule has 1 fully saturated rings. The molecule has 0 bridgehead atoms. The number of thioether (sulfide) groups is 1. The van der Waals surface area contributed by atoms with Crippen LogP contribution in [0.3, 0.4) is 0 Å². The maximum Gasteiger partial charge on any atom is 0.0189 e. The van der Waals surface area contributed by atoms with E-state index in [0.29, 0.717) is 0 Å². The SMILES string of the molecule is CCCNC(CSc1ccc(C)c(C)c1)C1CC1. The van der Waals surface area contributed by atoms with Crippen molar-refractivity contribution < 1.29 is 0 Å². The van der Waals surface area contributed by atoms with Crippen LogP contribution in [-0.4, -0.2) is 18.3 Å². The van der Waals surface area contributed by atoms with Crippen molar-refractivity contribution in [2.45, 2.75) is 51.0 Å². The molecule has 1 atom stereocenters. The van der Waals surface area contributed by atoms with E-state index in [9.17, 15) is 0 Å². The summed E-state index contributed by atoms with van der Waals surface area (Å²) in [5.41, 5.74) is 2.80. The Hall–Kier alpha value is -0.470. The average Bonchev–Trinajstić information content (AvgIpc) is 3.18. The molecule has 0 aromatic heterocycles. The van der Waals surface area contributed by atoms with Crippen molar-refractivity contribution in [1.29, 1.82) is 0 Å². The summed E-state index contributed by atoms with van der Waals surface area (Å²) >= 11 is 2.01. The van der Waals surface area contributed by atoms with Crippen LogP contribution in [0.2, 0.25) is 0 Å². The molecule has 0 radical (unpaired) electrons. The molecule has 1 aromatic rings. The summed E-state index contributed by atoms with van der Waals surface area (Å²) in [7, 11) is 0. The van der Waals surface area contributed by atoms with Crippen LogP contribution in [0, 0.1) is 19.8 Å². The zero-order valence-corrected chi connectivity index (χ0v) is 12.6. The largest absolute Gasteiger partial charge is 0.313 e. The van der Waals surface area contributed by atoms with E-state index in [1.165, 1.54) is 41.0 Å². The van der Waals surface area contributed by atoms with Gasteiger partial charge in [0.15, 0.2) is 0 Å². The lowest BCUT2D eigenvalue weighted by molar-refractivity contribution is 0.503. The van der Waals surface area contributed by atoms with Crippen molar-refractivity contribution in [2.75, 3.05) is 12.3 Å². The highest BCUT2D eigenvalue weighted by atomic mass is 32.2. The van der Waals surface area contributed by atoms with E-state index in [1.807, 2.05) is 11.8 Å². The van der Waals surface area contributed by atoms with Crippen LogP contribution in [0.4, 0.5) is 0 Å². The maximum atomic E-state index is 3.71. The molecule has 0 amide bonds. The van der Waals surface area contributed by atoms with Gasteiger partial charge in [-0.3, -0.25) is 0 Å². The van der Waals surface area contributed by atoms with E-state index in [2.05, 4.69) is 44.3 Å². The molecule has 1 aliphatic rings. The topological polar surface area (TPSA) is 12.0 Å². The van der Waals surface area contributed by atoms with Crippen LogP contribution in [0.1, 0.15) is 37.3 Å². The molecule has 1 aliphatic carbocycles. The third-order valence-corrected chi connectivity index (χ3v) is 4.87. The number of hydrogen-bond donors (Lipinski definition) is 1. The second-order valence-electron chi connectivity index (χ2n) is 5.46. The summed E-state index contributed by atoms with van der Waals surface area (Å²) in [6.45, 7) is 7.79. The van der Waals surface area contributed by atoms with Crippen molar-refractivity contribution in [3.63, 3.8) is 0 Å². The Morgan fingerprint density at radius 1 is 1.28 bits per heavy atom. The van der Waals surface area contributed by atoms with Gasteiger partial charge in [-0.05, 0) is 68.8 Å². The van der Waals surface area contributed by atoms with Gasteiger partial charge in [-0.1, -0.05) is 13.0 Å². The highest BCUT2D eigenvalue weighted by Gasteiger charge is 2.30. The van der Waals surface area contributed by atoms with E-state index in [4.69, 9.17) is 0 Å². The van der Waals surface area contributed by atoms with Gasteiger partial charge in [-0.2, -0.15) is 0 Å². The molecule has 1 unspecified atom stereocenters. The van der Waals surface area contributed by atoms with Gasteiger partial charge >= 0.3 is 0 Å². The highest BCUT2D eigenvalue weighted by Crippen LogP contribution is 2.35. The molecule has 1 nitrogen and oxygen atoms in total. The molecular weight excluding hydrogens is 238 g/mol. The zero-order valence-electron chi connectivity index (χ0n) is 11.8. The fourth-order valence-corrected chi connectivity index (χ4v) is 3.37. The summed E-state index contributed by atoms with van der Waals surface area (Å²) in [6.07, 6.45) is 4.08. The first-order valence-corrected chi connectivity index (χ1v) is 8.12. The lowest BCUT2D eigenvalue weighted by Gasteiger charge is -2.17. The molecule has 100 valence electrons. The maximum absolute atomic E-state index is 3.71. The van der Waals surface area contributed by atoms with Gasteiger partial charge in [-0.25, -0.2) is 0 Å². The molecule has 1 saturated carbocycles. The third-order valence-electron chi connectivity index (χ3n) is 3.76. The van der Waals surface area contributed by atoms with Gasteiger partial charge in [0.1, 0.15) is 0 Å². The van der Waals surface area contributed by atoms with Gasteiger partial charge in [0.25, 0.3) is 0 Å². The van der Waals surface area contributed by atoms with Gasteiger partial charge in [-0.15, -0.1) is 11.8 Å². The molecule has 0 heterocycles. The normalized spacial score (nSPS) is 16.8. The van der Waals surface area contributed by atoms with Crippen LogP contribution in [0.5, 0.6) is 0 Å². The molecule has 2 rings (SSSR count). The Balaban J connectivity index is 1.86. The van der Waals surface area contributed by atoms with Crippen LogP contribution in [0.15, 0.2) is 23.1 Å². The average molecular weight is 263 g/mol. The van der Waals surface area contributed by atoms with E-state index in [0.717, 1.165) is 18.5 Å². The summed E-state index contributed by atoms with van der Waals surface area (Å²) in [6, 6.07) is 7.54. The van der Waals surface area contributed by atoms with Gasteiger partial charge in [0.05, 0.1) is 0 Å². The smallest absolute Gasteiger partial charge is 0.0189 e. The number of benzene rings is 1. The lowest BCUT2D eigenvalue weighted by Crippen LogP contribution is -2.33. The molecule has 0 spiro atoms. The molecule has 18 heavy (non-hydrogen) atoms. The predicted octanol–water partition coefficient (Wildman–Crippen LogP) is 4.17. The minimum absolute atomic E-state index is 0.719. The molecule has 1 aromatic carbocycles. The zero-order chi connectivity index (χ0) is 13.0.